The zero-order chi connectivity index (χ0) is 12.8. The number of methoxy groups -OCH3 is 1. The van der Waals surface area contributed by atoms with Gasteiger partial charge in [-0.15, -0.1) is 0 Å². The largest absolute Gasteiger partial charge is 0.481 e. The molecule has 0 radical (unpaired) electrons. The number of aliphatic carboxylic acids is 1. The predicted octanol–water partition coefficient (Wildman–Crippen LogP) is 1.17. The fraction of sp³-hybridized carbons (Fsp3) is 0.833. The van der Waals surface area contributed by atoms with Gasteiger partial charge in [-0.25, -0.2) is 0 Å². The smallest absolute Gasteiger partial charge is 0.306 e. The predicted molar refractivity (Wildman–Crippen MR) is 62.6 cm³/mol. The standard InChI is InChI=1S/C12H21NO4/c1-3-10(17-2)11(14)13-9-6-4-8(5-7-9)12(15)16/h8-10H,3-7H2,1-2H3,(H,13,14)(H,15,16). The summed E-state index contributed by atoms with van der Waals surface area (Å²) in [4.78, 5) is 22.5. The highest BCUT2D eigenvalue weighted by Gasteiger charge is 2.27. The number of nitrogens with one attached hydrogen (secondary N) is 1. The van der Waals surface area contributed by atoms with Crippen LogP contribution >= 0.6 is 0 Å². The minimum absolute atomic E-state index is 0.0891. The van der Waals surface area contributed by atoms with Crippen LogP contribution in [0.5, 0.6) is 0 Å². The summed E-state index contributed by atoms with van der Waals surface area (Å²) in [6.07, 6.45) is 3.01. The molecule has 0 saturated heterocycles. The number of carbonyl (C=O) groups is 2. The van der Waals surface area contributed by atoms with Crippen LogP contribution in [0.15, 0.2) is 0 Å². The van der Waals surface area contributed by atoms with Crippen molar-refractivity contribution < 1.29 is 19.4 Å². The Morgan fingerprint density at radius 3 is 2.35 bits per heavy atom. The number of rotatable bonds is 5. The van der Waals surface area contributed by atoms with Crippen molar-refractivity contribution in [3.05, 3.63) is 0 Å². The molecule has 0 aliphatic heterocycles. The number of carboxylic acids is 1. The van der Waals surface area contributed by atoms with Gasteiger partial charge in [0.05, 0.1) is 5.92 Å². The Hall–Kier alpha value is -1.10. The van der Waals surface area contributed by atoms with E-state index in [0.717, 1.165) is 12.8 Å². The van der Waals surface area contributed by atoms with Crippen LogP contribution < -0.4 is 5.32 Å². The lowest BCUT2D eigenvalue weighted by molar-refractivity contribution is -0.142. The molecule has 5 nitrogen and oxygen atoms in total. The van der Waals surface area contributed by atoms with Crippen LogP contribution in [0.1, 0.15) is 39.0 Å². The van der Waals surface area contributed by atoms with E-state index in [1.54, 1.807) is 0 Å². The first-order valence-electron chi connectivity index (χ1n) is 6.14. The molecule has 0 heterocycles. The van der Waals surface area contributed by atoms with Gasteiger partial charge in [0.2, 0.25) is 5.91 Å². The molecule has 17 heavy (non-hydrogen) atoms. The van der Waals surface area contributed by atoms with E-state index in [9.17, 15) is 9.59 Å². The molecule has 1 unspecified atom stereocenters. The van der Waals surface area contributed by atoms with Crippen molar-refractivity contribution in [3.63, 3.8) is 0 Å². The molecular weight excluding hydrogens is 222 g/mol. The van der Waals surface area contributed by atoms with Gasteiger partial charge in [-0.3, -0.25) is 9.59 Å². The Kier molecular flexibility index (Phi) is 5.41. The topological polar surface area (TPSA) is 75.6 Å². The van der Waals surface area contributed by atoms with Crippen molar-refractivity contribution >= 4 is 11.9 Å². The first-order chi connectivity index (χ1) is 8.08. The normalized spacial score (nSPS) is 26.2. The average molecular weight is 243 g/mol. The first kappa shape index (κ1) is 14.0. The molecule has 1 aliphatic rings. The molecule has 0 aromatic heterocycles. The zero-order valence-corrected chi connectivity index (χ0v) is 10.4. The Labute approximate surface area is 102 Å². The van der Waals surface area contributed by atoms with Crippen LogP contribution in [-0.4, -0.2) is 36.2 Å². The molecule has 5 heteroatoms. The lowest BCUT2D eigenvalue weighted by Crippen LogP contribution is -2.44. The summed E-state index contributed by atoms with van der Waals surface area (Å²) in [5, 5.41) is 11.8. The summed E-state index contributed by atoms with van der Waals surface area (Å²) in [5.74, 6) is -1.06. The molecule has 1 rings (SSSR count). The van der Waals surface area contributed by atoms with Gasteiger partial charge >= 0.3 is 5.97 Å². The summed E-state index contributed by atoms with van der Waals surface area (Å²) >= 11 is 0. The summed E-state index contributed by atoms with van der Waals surface area (Å²) in [6.45, 7) is 1.90. The van der Waals surface area contributed by atoms with Crippen LogP contribution in [0, 0.1) is 5.92 Å². The molecule has 0 bridgehead atoms. The summed E-state index contributed by atoms with van der Waals surface area (Å²) in [7, 11) is 1.52. The van der Waals surface area contributed by atoms with Gasteiger partial charge in [0.25, 0.3) is 0 Å². The average Bonchev–Trinajstić information content (AvgIpc) is 2.31. The molecule has 0 aromatic carbocycles. The summed E-state index contributed by atoms with van der Waals surface area (Å²) in [5.41, 5.74) is 0. The summed E-state index contributed by atoms with van der Waals surface area (Å²) < 4.78 is 5.06. The fourth-order valence-corrected chi connectivity index (χ4v) is 2.24. The van der Waals surface area contributed by atoms with E-state index in [0.29, 0.717) is 19.3 Å². The number of carbonyl (C=O) groups excluding carboxylic acids is 1. The van der Waals surface area contributed by atoms with Gasteiger partial charge in [-0.2, -0.15) is 0 Å². The van der Waals surface area contributed by atoms with Crippen molar-refractivity contribution in [2.75, 3.05) is 7.11 Å². The third-order valence-electron chi connectivity index (χ3n) is 3.37. The summed E-state index contributed by atoms with van der Waals surface area (Å²) in [6, 6.07) is 0.0994. The van der Waals surface area contributed by atoms with Crippen molar-refractivity contribution in [1.29, 1.82) is 0 Å². The van der Waals surface area contributed by atoms with Gasteiger partial charge in [0.1, 0.15) is 6.10 Å². The number of carboxylic acid groups (broad SMARTS) is 1. The number of amides is 1. The third-order valence-corrected chi connectivity index (χ3v) is 3.37. The van der Waals surface area contributed by atoms with Crippen LogP contribution in [0.25, 0.3) is 0 Å². The van der Waals surface area contributed by atoms with Crippen molar-refractivity contribution in [3.8, 4) is 0 Å². The monoisotopic (exact) mass is 243 g/mol. The van der Waals surface area contributed by atoms with Crippen LogP contribution in [0.2, 0.25) is 0 Å². The van der Waals surface area contributed by atoms with Crippen LogP contribution in [-0.2, 0) is 14.3 Å². The quantitative estimate of drug-likeness (QED) is 0.760. The highest BCUT2D eigenvalue weighted by molar-refractivity contribution is 5.81. The van der Waals surface area contributed by atoms with Gasteiger partial charge < -0.3 is 15.2 Å². The highest BCUT2D eigenvalue weighted by Crippen LogP contribution is 2.24. The minimum Gasteiger partial charge on any atom is -0.481 e. The molecule has 98 valence electrons. The zero-order valence-electron chi connectivity index (χ0n) is 10.4. The van der Waals surface area contributed by atoms with E-state index in [4.69, 9.17) is 9.84 Å². The number of hydrogen-bond acceptors (Lipinski definition) is 3. The Balaban J connectivity index is 2.35. The highest BCUT2D eigenvalue weighted by atomic mass is 16.5. The molecule has 2 N–H and O–H groups in total. The number of ether oxygens (including phenoxy) is 1. The number of hydrogen-bond donors (Lipinski definition) is 2. The SMILES string of the molecule is CCC(OC)C(=O)NC1CCC(C(=O)O)CC1. The Morgan fingerprint density at radius 2 is 1.94 bits per heavy atom. The molecule has 1 saturated carbocycles. The fourth-order valence-electron chi connectivity index (χ4n) is 2.24. The Bertz CT molecular complexity index is 268. The maximum atomic E-state index is 11.7. The molecule has 1 aliphatic carbocycles. The minimum atomic E-state index is -0.724. The van der Waals surface area contributed by atoms with Crippen LogP contribution in [0.3, 0.4) is 0 Å². The van der Waals surface area contributed by atoms with E-state index in [1.807, 2.05) is 6.92 Å². The molecule has 1 atom stereocenters. The lowest BCUT2D eigenvalue weighted by Gasteiger charge is -2.28. The van der Waals surface area contributed by atoms with Crippen molar-refractivity contribution in [2.45, 2.75) is 51.2 Å². The second-order valence-electron chi connectivity index (χ2n) is 4.53. The van der Waals surface area contributed by atoms with E-state index in [2.05, 4.69) is 5.32 Å². The maximum absolute atomic E-state index is 11.7. The third kappa shape index (κ3) is 4.00. The molecule has 1 fully saturated rings. The lowest BCUT2D eigenvalue weighted by atomic mass is 9.86. The van der Waals surface area contributed by atoms with Gasteiger partial charge in [-0.1, -0.05) is 6.92 Å². The van der Waals surface area contributed by atoms with E-state index in [-0.39, 0.29) is 17.9 Å². The second-order valence-corrected chi connectivity index (χ2v) is 4.53. The van der Waals surface area contributed by atoms with E-state index < -0.39 is 12.1 Å². The van der Waals surface area contributed by atoms with E-state index in [1.165, 1.54) is 7.11 Å². The second kappa shape index (κ2) is 6.59. The van der Waals surface area contributed by atoms with Crippen LogP contribution in [0.4, 0.5) is 0 Å². The Morgan fingerprint density at radius 1 is 1.35 bits per heavy atom. The van der Waals surface area contributed by atoms with Crippen molar-refractivity contribution in [1.82, 2.24) is 5.32 Å². The molecular formula is C12H21NO4. The van der Waals surface area contributed by atoms with Crippen molar-refractivity contribution in [2.24, 2.45) is 5.92 Å². The molecule has 0 aromatic rings. The molecule has 1 amide bonds. The van der Waals surface area contributed by atoms with E-state index >= 15 is 0 Å². The van der Waals surface area contributed by atoms with Gasteiger partial charge in [0, 0.05) is 13.2 Å². The molecule has 0 spiro atoms. The first-order valence-corrected chi connectivity index (χ1v) is 6.14. The van der Waals surface area contributed by atoms with Gasteiger partial charge in [-0.05, 0) is 32.1 Å². The maximum Gasteiger partial charge on any atom is 0.306 e. The van der Waals surface area contributed by atoms with Gasteiger partial charge in [0.15, 0.2) is 0 Å².